The zero-order valence-electron chi connectivity index (χ0n) is 17.2. The molecule has 6 nitrogen and oxygen atoms in total. The summed E-state index contributed by atoms with van der Waals surface area (Å²) in [5.74, 6) is -1.45. The number of benzene rings is 3. The predicted molar refractivity (Wildman–Crippen MR) is 117 cm³/mol. The highest BCUT2D eigenvalue weighted by Gasteiger charge is 2.36. The Bertz CT molecular complexity index is 1200. The lowest BCUT2D eigenvalue weighted by atomic mass is 10.1. The van der Waals surface area contributed by atoms with E-state index in [1.807, 2.05) is 31.2 Å². The second kappa shape index (κ2) is 8.85. The molecule has 3 aromatic rings. The lowest BCUT2D eigenvalue weighted by Gasteiger charge is -2.26. The van der Waals surface area contributed by atoms with E-state index in [-0.39, 0.29) is 11.3 Å². The van der Waals surface area contributed by atoms with Gasteiger partial charge in [0, 0.05) is 0 Å². The number of barbiturate groups is 1. The minimum Gasteiger partial charge on any atom is -0.489 e. The lowest BCUT2D eigenvalue weighted by molar-refractivity contribution is -0.122. The molecule has 0 spiro atoms. The van der Waals surface area contributed by atoms with E-state index in [1.165, 1.54) is 23.8 Å². The zero-order chi connectivity index (χ0) is 22.7. The number of halogens is 1. The van der Waals surface area contributed by atoms with Gasteiger partial charge in [-0.1, -0.05) is 42.0 Å². The molecule has 0 aromatic heterocycles. The van der Waals surface area contributed by atoms with Crippen LogP contribution in [0.2, 0.25) is 0 Å². The molecule has 7 heteroatoms. The summed E-state index contributed by atoms with van der Waals surface area (Å²) >= 11 is 0. The third-order valence-corrected chi connectivity index (χ3v) is 4.90. The molecule has 0 saturated carbocycles. The maximum atomic E-state index is 13.2. The van der Waals surface area contributed by atoms with Crippen LogP contribution in [0.4, 0.5) is 14.9 Å². The fourth-order valence-electron chi connectivity index (χ4n) is 3.16. The number of anilines is 1. The smallest absolute Gasteiger partial charge is 0.335 e. The van der Waals surface area contributed by atoms with E-state index in [1.54, 1.807) is 24.3 Å². The summed E-state index contributed by atoms with van der Waals surface area (Å²) in [7, 11) is 0. The van der Waals surface area contributed by atoms with Crippen molar-refractivity contribution >= 4 is 29.6 Å². The van der Waals surface area contributed by atoms with E-state index in [0.717, 1.165) is 22.6 Å². The van der Waals surface area contributed by atoms with Crippen LogP contribution in [0.15, 0.2) is 78.4 Å². The summed E-state index contributed by atoms with van der Waals surface area (Å²) in [5, 5.41) is 2.14. The standard InChI is InChI=1S/C25H19FN2O4/c1-16-2-4-18(5-3-16)15-32-21-12-6-17(7-13-21)14-22-23(29)27-25(31)28(24(22)30)20-10-8-19(26)9-11-20/h2-14H,15H2,1H3,(H,27,29,31)/b22-14+. The quantitative estimate of drug-likeness (QED) is 0.482. The number of amides is 4. The van der Waals surface area contributed by atoms with Gasteiger partial charge in [-0.3, -0.25) is 14.9 Å². The second-order valence-corrected chi connectivity index (χ2v) is 7.28. The molecule has 1 fully saturated rings. The zero-order valence-corrected chi connectivity index (χ0v) is 17.2. The summed E-state index contributed by atoms with van der Waals surface area (Å²) in [4.78, 5) is 38.1. The molecule has 32 heavy (non-hydrogen) atoms. The van der Waals surface area contributed by atoms with Crippen LogP contribution in [0, 0.1) is 12.7 Å². The largest absolute Gasteiger partial charge is 0.489 e. The first kappa shape index (κ1) is 21.0. The van der Waals surface area contributed by atoms with Crippen molar-refractivity contribution in [2.24, 2.45) is 0 Å². The van der Waals surface area contributed by atoms with Crippen LogP contribution < -0.4 is 15.0 Å². The average molecular weight is 430 g/mol. The number of nitrogens with zero attached hydrogens (tertiary/aromatic N) is 1. The number of hydrogen-bond acceptors (Lipinski definition) is 4. The van der Waals surface area contributed by atoms with Gasteiger partial charge in [0.25, 0.3) is 11.8 Å². The number of hydrogen-bond donors (Lipinski definition) is 1. The number of nitrogens with one attached hydrogen (secondary N) is 1. The molecule has 3 aromatic carbocycles. The molecule has 0 aliphatic carbocycles. The fourth-order valence-corrected chi connectivity index (χ4v) is 3.16. The summed E-state index contributed by atoms with van der Waals surface area (Å²) in [6.45, 7) is 2.43. The number of ether oxygens (including phenoxy) is 1. The van der Waals surface area contributed by atoms with Crippen LogP contribution in [-0.4, -0.2) is 17.8 Å². The van der Waals surface area contributed by atoms with E-state index in [4.69, 9.17) is 4.74 Å². The Morgan fingerprint density at radius 3 is 2.22 bits per heavy atom. The molecule has 0 unspecified atom stereocenters. The maximum absolute atomic E-state index is 13.2. The average Bonchev–Trinajstić information content (AvgIpc) is 2.78. The van der Waals surface area contributed by atoms with Gasteiger partial charge in [-0.05, 0) is 60.5 Å². The topological polar surface area (TPSA) is 75.7 Å². The van der Waals surface area contributed by atoms with Gasteiger partial charge in [-0.2, -0.15) is 0 Å². The summed E-state index contributed by atoms with van der Waals surface area (Å²) in [6.07, 6.45) is 1.39. The van der Waals surface area contributed by atoms with Crippen LogP contribution in [0.1, 0.15) is 16.7 Å². The second-order valence-electron chi connectivity index (χ2n) is 7.28. The molecule has 1 N–H and O–H groups in total. The summed E-state index contributed by atoms with van der Waals surface area (Å²) in [6, 6.07) is 18.8. The third kappa shape index (κ3) is 4.57. The Kier molecular flexibility index (Phi) is 5.81. The van der Waals surface area contributed by atoms with Gasteiger partial charge in [-0.25, -0.2) is 14.1 Å². The first-order chi connectivity index (χ1) is 15.4. The highest BCUT2D eigenvalue weighted by atomic mass is 19.1. The molecular weight excluding hydrogens is 411 g/mol. The van der Waals surface area contributed by atoms with Gasteiger partial charge in [0.2, 0.25) is 0 Å². The molecule has 1 aliphatic heterocycles. The van der Waals surface area contributed by atoms with Gasteiger partial charge in [0.1, 0.15) is 23.7 Å². The van der Waals surface area contributed by atoms with Crippen molar-refractivity contribution in [1.82, 2.24) is 5.32 Å². The van der Waals surface area contributed by atoms with Crippen molar-refractivity contribution in [2.75, 3.05) is 4.90 Å². The van der Waals surface area contributed by atoms with Crippen molar-refractivity contribution in [1.29, 1.82) is 0 Å². The summed E-state index contributed by atoms with van der Waals surface area (Å²) in [5.41, 5.74) is 2.75. The van der Waals surface area contributed by atoms with Crippen LogP contribution in [0.5, 0.6) is 5.75 Å². The maximum Gasteiger partial charge on any atom is 0.335 e. The molecule has 0 radical (unpaired) electrons. The van der Waals surface area contributed by atoms with E-state index in [0.29, 0.717) is 17.9 Å². The normalized spacial score (nSPS) is 15.1. The van der Waals surface area contributed by atoms with Crippen molar-refractivity contribution in [3.8, 4) is 5.75 Å². The van der Waals surface area contributed by atoms with Crippen molar-refractivity contribution in [2.45, 2.75) is 13.5 Å². The number of carbonyl (C=O) groups is 3. The molecular formula is C25H19FN2O4. The Morgan fingerprint density at radius 1 is 0.906 bits per heavy atom. The molecule has 1 saturated heterocycles. The number of urea groups is 1. The molecule has 1 aliphatic rings. The number of imide groups is 2. The number of aryl methyl sites for hydroxylation is 1. The van der Waals surface area contributed by atoms with Crippen molar-refractivity contribution in [3.63, 3.8) is 0 Å². The lowest BCUT2D eigenvalue weighted by Crippen LogP contribution is -2.54. The minimum absolute atomic E-state index is 0.159. The van der Waals surface area contributed by atoms with Crippen LogP contribution in [0.3, 0.4) is 0 Å². The minimum atomic E-state index is -0.886. The highest BCUT2D eigenvalue weighted by molar-refractivity contribution is 6.39. The van der Waals surface area contributed by atoms with Crippen LogP contribution in [-0.2, 0) is 16.2 Å². The molecule has 0 atom stereocenters. The van der Waals surface area contributed by atoms with E-state index >= 15 is 0 Å². The first-order valence-corrected chi connectivity index (χ1v) is 9.86. The SMILES string of the molecule is Cc1ccc(COc2ccc(/C=C3\C(=O)NC(=O)N(c4ccc(F)cc4)C3=O)cc2)cc1. The van der Waals surface area contributed by atoms with Crippen LogP contribution >= 0.6 is 0 Å². The fraction of sp³-hybridized carbons (Fsp3) is 0.0800. The van der Waals surface area contributed by atoms with Crippen molar-refractivity contribution in [3.05, 3.63) is 101 Å². The van der Waals surface area contributed by atoms with E-state index < -0.39 is 23.7 Å². The predicted octanol–water partition coefficient (Wildman–Crippen LogP) is 4.38. The van der Waals surface area contributed by atoms with Crippen molar-refractivity contribution < 1.29 is 23.5 Å². The van der Waals surface area contributed by atoms with Gasteiger partial charge in [-0.15, -0.1) is 0 Å². The molecule has 4 amide bonds. The molecule has 0 bridgehead atoms. The Balaban J connectivity index is 1.50. The highest BCUT2D eigenvalue weighted by Crippen LogP contribution is 2.23. The van der Waals surface area contributed by atoms with E-state index in [2.05, 4.69) is 5.32 Å². The number of rotatable bonds is 5. The van der Waals surface area contributed by atoms with Gasteiger partial charge in [0.15, 0.2) is 0 Å². The third-order valence-electron chi connectivity index (χ3n) is 4.90. The van der Waals surface area contributed by atoms with Gasteiger partial charge < -0.3 is 4.74 Å². The first-order valence-electron chi connectivity index (χ1n) is 9.86. The molecule has 1 heterocycles. The Hall–Kier alpha value is -4.26. The van der Waals surface area contributed by atoms with Gasteiger partial charge >= 0.3 is 6.03 Å². The molecule has 160 valence electrons. The summed E-state index contributed by atoms with van der Waals surface area (Å²) < 4.78 is 19.0. The Morgan fingerprint density at radius 2 is 1.56 bits per heavy atom. The monoisotopic (exact) mass is 430 g/mol. The number of carbonyl (C=O) groups excluding carboxylic acids is 3. The van der Waals surface area contributed by atoms with E-state index in [9.17, 15) is 18.8 Å². The Labute approximate surface area is 183 Å². The van der Waals surface area contributed by atoms with Gasteiger partial charge in [0.05, 0.1) is 5.69 Å². The molecule has 4 rings (SSSR count). The van der Waals surface area contributed by atoms with Crippen LogP contribution in [0.25, 0.3) is 6.08 Å².